The summed E-state index contributed by atoms with van der Waals surface area (Å²) in [6, 6.07) is 11.2. The van der Waals surface area contributed by atoms with Crippen molar-refractivity contribution >= 4 is 35.2 Å². The third-order valence-corrected chi connectivity index (χ3v) is 7.27. The molecule has 3 unspecified atom stereocenters. The van der Waals surface area contributed by atoms with E-state index in [1.165, 1.54) is 0 Å². The molecule has 220 valence electrons. The fourth-order valence-corrected chi connectivity index (χ4v) is 4.79. The lowest BCUT2D eigenvalue weighted by Crippen LogP contribution is -2.55. The van der Waals surface area contributed by atoms with Crippen LogP contribution in [0.4, 0.5) is 10.5 Å². The first-order chi connectivity index (χ1) is 18.8. The maximum Gasteiger partial charge on any atom is 0.408 e. The second-order valence-corrected chi connectivity index (χ2v) is 11.8. The first-order valence-corrected chi connectivity index (χ1v) is 14.6. The average Bonchev–Trinajstić information content (AvgIpc) is 2.88. The summed E-state index contributed by atoms with van der Waals surface area (Å²) in [5.74, 6) is -0.883. The van der Waals surface area contributed by atoms with Crippen molar-refractivity contribution in [2.75, 3.05) is 11.9 Å². The fourth-order valence-electron chi connectivity index (χ4n) is 4.52. The van der Waals surface area contributed by atoms with Crippen LogP contribution in [0.1, 0.15) is 90.0 Å². The average molecular weight is 572 g/mol. The normalized spacial score (nSPS) is 13.6. The minimum atomic E-state index is -0.937. The van der Waals surface area contributed by atoms with Gasteiger partial charge in [-0.15, -0.1) is 0 Å². The number of ether oxygens (including phenoxy) is 1. The van der Waals surface area contributed by atoms with Crippen LogP contribution < -0.4 is 10.6 Å². The molecule has 0 saturated carbocycles. The Bertz CT molecular complexity index is 1140. The molecule has 0 saturated heterocycles. The molecule has 3 amide bonds. The number of nitrogens with one attached hydrogen (secondary N) is 2. The van der Waals surface area contributed by atoms with Crippen LogP contribution in [0.2, 0.25) is 5.02 Å². The van der Waals surface area contributed by atoms with Crippen LogP contribution in [0.15, 0.2) is 42.5 Å². The number of hydrogen-bond donors (Lipinski definition) is 2. The van der Waals surface area contributed by atoms with Crippen LogP contribution in [0, 0.1) is 19.8 Å². The second-order valence-electron chi connectivity index (χ2n) is 11.4. The van der Waals surface area contributed by atoms with E-state index in [2.05, 4.69) is 17.6 Å². The Balaban J connectivity index is 2.61. The molecule has 0 spiro atoms. The van der Waals surface area contributed by atoms with E-state index in [1.807, 2.05) is 64.1 Å². The molecule has 8 heteroatoms. The number of carbonyl (C=O) groups is 3. The molecule has 0 radical (unpaired) electrons. The van der Waals surface area contributed by atoms with Crippen molar-refractivity contribution in [3.63, 3.8) is 0 Å². The highest BCUT2D eigenvalue weighted by atomic mass is 35.5. The van der Waals surface area contributed by atoms with Gasteiger partial charge < -0.3 is 20.3 Å². The Kier molecular flexibility index (Phi) is 12.5. The van der Waals surface area contributed by atoms with Crippen molar-refractivity contribution in [3.8, 4) is 0 Å². The zero-order valence-corrected chi connectivity index (χ0v) is 26.0. The monoisotopic (exact) mass is 571 g/mol. The van der Waals surface area contributed by atoms with E-state index in [0.717, 1.165) is 29.5 Å². The highest BCUT2D eigenvalue weighted by Gasteiger charge is 2.38. The van der Waals surface area contributed by atoms with E-state index in [1.54, 1.807) is 31.7 Å². The molecule has 0 fully saturated rings. The number of benzene rings is 2. The summed E-state index contributed by atoms with van der Waals surface area (Å²) in [6.07, 6.45) is 2.54. The van der Waals surface area contributed by atoms with Gasteiger partial charge in [0.05, 0.1) is 10.7 Å². The maximum absolute atomic E-state index is 14.4. The topological polar surface area (TPSA) is 87.7 Å². The summed E-state index contributed by atoms with van der Waals surface area (Å²) in [5.41, 5.74) is 2.21. The lowest BCUT2D eigenvalue weighted by Gasteiger charge is -2.36. The molecule has 40 heavy (non-hydrogen) atoms. The first-order valence-electron chi connectivity index (χ1n) is 14.2. The van der Waals surface area contributed by atoms with Crippen molar-refractivity contribution < 1.29 is 19.1 Å². The highest BCUT2D eigenvalue weighted by Crippen LogP contribution is 2.31. The Morgan fingerprint density at radius 3 is 2.20 bits per heavy atom. The molecule has 2 N–H and O–H groups in total. The Hall–Kier alpha value is -3.06. The van der Waals surface area contributed by atoms with Gasteiger partial charge in [0.15, 0.2) is 0 Å². The predicted molar refractivity (Wildman–Crippen MR) is 163 cm³/mol. The molecule has 0 aliphatic heterocycles. The van der Waals surface area contributed by atoms with Crippen LogP contribution in [-0.4, -0.2) is 41.0 Å². The number of aryl methyl sites for hydroxylation is 2. The third kappa shape index (κ3) is 9.26. The van der Waals surface area contributed by atoms with Gasteiger partial charge in [0, 0.05) is 6.54 Å². The van der Waals surface area contributed by atoms with Crippen LogP contribution in [0.25, 0.3) is 0 Å². The minimum Gasteiger partial charge on any atom is -0.444 e. The van der Waals surface area contributed by atoms with Gasteiger partial charge >= 0.3 is 6.09 Å². The van der Waals surface area contributed by atoms with E-state index < -0.39 is 23.8 Å². The molecule has 2 rings (SSSR count). The highest BCUT2D eigenvalue weighted by molar-refractivity contribution is 6.34. The van der Waals surface area contributed by atoms with Gasteiger partial charge in [-0.05, 0) is 69.7 Å². The van der Waals surface area contributed by atoms with Crippen molar-refractivity contribution in [2.45, 2.75) is 98.8 Å². The van der Waals surface area contributed by atoms with Crippen LogP contribution in [0.3, 0.4) is 0 Å². The van der Waals surface area contributed by atoms with Crippen molar-refractivity contribution in [3.05, 3.63) is 64.2 Å². The van der Waals surface area contributed by atoms with Gasteiger partial charge in [-0.25, -0.2) is 4.79 Å². The lowest BCUT2D eigenvalue weighted by molar-refractivity contribution is -0.142. The zero-order valence-electron chi connectivity index (χ0n) is 25.3. The quantitative estimate of drug-likeness (QED) is 0.257. The van der Waals surface area contributed by atoms with Crippen molar-refractivity contribution in [1.82, 2.24) is 10.2 Å². The molecule has 0 aliphatic rings. The lowest BCUT2D eigenvalue weighted by atomic mass is 9.94. The summed E-state index contributed by atoms with van der Waals surface area (Å²) >= 11 is 6.46. The molecular weight excluding hydrogens is 526 g/mol. The maximum atomic E-state index is 14.4. The summed E-state index contributed by atoms with van der Waals surface area (Å²) in [6.45, 7) is 15.5. The van der Waals surface area contributed by atoms with E-state index >= 15 is 0 Å². The molecule has 0 heterocycles. The predicted octanol–water partition coefficient (Wildman–Crippen LogP) is 7.59. The number of para-hydroxylation sites is 1. The number of rotatable bonds is 12. The van der Waals surface area contributed by atoms with Crippen LogP contribution >= 0.6 is 11.6 Å². The first kappa shape index (κ1) is 33.1. The summed E-state index contributed by atoms with van der Waals surface area (Å²) in [7, 11) is 0. The molecule has 7 nitrogen and oxygen atoms in total. The van der Waals surface area contributed by atoms with Crippen molar-refractivity contribution in [1.29, 1.82) is 0 Å². The molecule has 3 atom stereocenters. The third-order valence-electron chi connectivity index (χ3n) is 6.95. The van der Waals surface area contributed by atoms with Crippen molar-refractivity contribution in [2.24, 2.45) is 5.92 Å². The number of unbranched alkanes of at least 4 members (excludes halogenated alkanes) is 2. The van der Waals surface area contributed by atoms with Gasteiger partial charge in [0.2, 0.25) is 5.91 Å². The van der Waals surface area contributed by atoms with E-state index in [9.17, 15) is 14.4 Å². The van der Waals surface area contributed by atoms with Gasteiger partial charge in [-0.1, -0.05) is 88.0 Å². The molecule has 2 aromatic rings. The molecule has 0 bridgehead atoms. The number of nitrogens with zero attached hydrogens (tertiary/aromatic N) is 1. The van der Waals surface area contributed by atoms with E-state index in [-0.39, 0.29) is 17.7 Å². The SMILES string of the molecule is CCCCCN(C(=O)C(NC(=O)OC(C)(C)C)C(C)CC)C(C(=O)Nc1c(C)cccc1Cl)c1ccccc1C. The number of amides is 3. The Labute approximate surface area is 245 Å². The van der Waals surface area contributed by atoms with Crippen LogP contribution in [-0.2, 0) is 14.3 Å². The van der Waals surface area contributed by atoms with Gasteiger partial charge in [0.1, 0.15) is 17.7 Å². The molecule has 2 aromatic carbocycles. The number of anilines is 1. The number of alkyl carbamates (subject to hydrolysis) is 1. The number of halogens is 1. The van der Waals surface area contributed by atoms with E-state index in [4.69, 9.17) is 16.3 Å². The fraction of sp³-hybridized carbons (Fsp3) is 0.531. The smallest absolute Gasteiger partial charge is 0.408 e. The van der Waals surface area contributed by atoms with E-state index in [0.29, 0.717) is 30.1 Å². The minimum absolute atomic E-state index is 0.194. The summed E-state index contributed by atoms with van der Waals surface area (Å²) in [4.78, 5) is 43.0. The molecular formula is C32H46ClN3O4. The van der Waals surface area contributed by atoms with Gasteiger partial charge in [0.25, 0.3) is 5.91 Å². The van der Waals surface area contributed by atoms with Gasteiger partial charge in [-0.3, -0.25) is 9.59 Å². The zero-order chi connectivity index (χ0) is 30.0. The Morgan fingerprint density at radius 2 is 1.62 bits per heavy atom. The standard InChI is InChI=1S/C32H46ClN3O4/c1-9-11-14-20-36(30(38)27(21(3)10-2)35-31(39)40-32(6,7)8)28(24-18-13-12-16-22(24)4)29(37)34-26-23(5)17-15-19-25(26)33/h12-13,15-19,21,27-28H,9-11,14,20H2,1-8H3,(H,34,37)(H,35,39). The number of hydrogen-bond acceptors (Lipinski definition) is 4. The summed E-state index contributed by atoms with van der Waals surface area (Å²) in [5, 5.41) is 6.25. The van der Waals surface area contributed by atoms with Gasteiger partial charge in [-0.2, -0.15) is 0 Å². The molecule has 0 aromatic heterocycles. The largest absolute Gasteiger partial charge is 0.444 e. The summed E-state index contributed by atoms with van der Waals surface area (Å²) < 4.78 is 5.49. The second kappa shape index (κ2) is 15.1. The molecule has 0 aliphatic carbocycles. The number of carbonyl (C=O) groups excluding carboxylic acids is 3. The Morgan fingerprint density at radius 1 is 0.975 bits per heavy atom. The van der Waals surface area contributed by atoms with Crippen LogP contribution in [0.5, 0.6) is 0 Å².